The Morgan fingerprint density at radius 1 is 1.34 bits per heavy atom. The summed E-state index contributed by atoms with van der Waals surface area (Å²) >= 11 is 6.10. The highest BCUT2D eigenvalue weighted by Gasteiger charge is 2.26. The van der Waals surface area contributed by atoms with Crippen molar-refractivity contribution in [3.8, 4) is 6.19 Å². The fraction of sp³-hybridized carbons (Fsp3) is 0.261. The van der Waals surface area contributed by atoms with E-state index in [1.807, 2.05) is 11.8 Å². The highest BCUT2D eigenvalue weighted by molar-refractivity contribution is 6.30. The number of nitrogens with one attached hydrogen (secondary N) is 1. The minimum absolute atomic E-state index is 0.0247. The van der Waals surface area contributed by atoms with Gasteiger partial charge in [0.25, 0.3) is 0 Å². The predicted molar refractivity (Wildman–Crippen MR) is 124 cm³/mol. The van der Waals surface area contributed by atoms with Crippen LogP contribution in [0.1, 0.15) is 18.1 Å². The van der Waals surface area contributed by atoms with Gasteiger partial charge in [0.05, 0.1) is 0 Å². The number of amides is 1. The number of aliphatic imine (C=N–C) groups is 1. The van der Waals surface area contributed by atoms with Gasteiger partial charge in [-0.05, 0) is 54.5 Å². The van der Waals surface area contributed by atoms with Crippen LogP contribution >= 0.6 is 11.6 Å². The molecule has 0 bridgehead atoms. The van der Waals surface area contributed by atoms with Crippen molar-refractivity contribution in [2.24, 2.45) is 10.7 Å². The average Bonchev–Trinajstić information content (AvgIpc) is 2.75. The van der Waals surface area contributed by atoms with Crippen molar-refractivity contribution in [2.45, 2.75) is 19.5 Å². The maximum atomic E-state index is 13.1. The molecule has 1 aliphatic heterocycles. The number of hydrogen-bond donors (Lipinski definition) is 2. The number of rotatable bonds is 5. The molecule has 2 aromatic rings. The zero-order valence-corrected chi connectivity index (χ0v) is 18.4. The molecule has 3 N–H and O–H groups in total. The van der Waals surface area contributed by atoms with E-state index in [-0.39, 0.29) is 23.7 Å². The number of nitrogens with two attached hydrogens (primary N) is 1. The van der Waals surface area contributed by atoms with Crippen LogP contribution in [0.5, 0.6) is 0 Å². The third-order valence-corrected chi connectivity index (χ3v) is 5.40. The molecule has 0 saturated carbocycles. The normalized spacial score (nSPS) is 17.4. The smallest absolute Gasteiger partial charge is 0.246 e. The summed E-state index contributed by atoms with van der Waals surface area (Å²) in [5.41, 5.74) is 7.91. The van der Waals surface area contributed by atoms with Crippen molar-refractivity contribution in [1.29, 1.82) is 5.26 Å². The van der Waals surface area contributed by atoms with Crippen molar-refractivity contribution in [2.75, 3.05) is 25.0 Å². The minimum Gasteiger partial charge on any atom is -0.369 e. The summed E-state index contributed by atoms with van der Waals surface area (Å²) in [7, 11) is 0. The van der Waals surface area contributed by atoms with Crippen LogP contribution in [0.25, 0.3) is 6.08 Å². The van der Waals surface area contributed by atoms with Crippen molar-refractivity contribution in [3.63, 3.8) is 0 Å². The van der Waals surface area contributed by atoms with Gasteiger partial charge in [-0.15, -0.1) is 4.99 Å². The number of piperazine rings is 1. The molecule has 0 radical (unpaired) electrons. The number of nitrogens with zero attached hydrogens (tertiary/aromatic N) is 4. The summed E-state index contributed by atoms with van der Waals surface area (Å²) in [5.74, 6) is -0.410. The SMILES string of the molecule is CC1CN(Cc2ccc(F)cc2)CCN1C(=O)/C=C/c1cc(Cl)ccc1N/C(N)=N\C#N. The van der Waals surface area contributed by atoms with Crippen LogP contribution in [-0.2, 0) is 11.3 Å². The van der Waals surface area contributed by atoms with Gasteiger partial charge in [-0.25, -0.2) is 4.39 Å². The topological polar surface area (TPSA) is 97.8 Å². The first-order valence-corrected chi connectivity index (χ1v) is 10.5. The molecule has 2 aromatic carbocycles. The van der Waals surface area contributed by atoms with Gasteiger partial charge >= 0.3 is 0 Å². The van der Waals surface area contributed by atoms with E-state index >= 15 is 0 Å². The Morgan fingerprint density at radius 2 is 2.09 bits per heavy atom. The van der Waals surface area contributed by atoms with Gasteiger partial charge in [0, 0.05) is 49.0 Å². The van der Waals surface area contributed by atoms with E-state index in [0.717, 1.165) is 18.7 Å². The second kappa shape index (κ2) is 10.8. The van der Waals surface area contributed by atoms with Gasteiger partial charge in [0.1, 0.15) is 5.82 Å². The quantitative estimate of drug-likeness (QED) is 0.312. The zero-order valence-electron chi connectivity index (χ0n) is 17.6. The predicted octanol–water partition coefficient (Wildman–Crippen LogP) is 3.43. The van der Waals surface area contributed by atoms with Gasteiger partial charge < -0.3 is 16.0 Å². The molecule has 1 aliphatic rings. The number of guanidine groups is 1. The van der Waals surface area contributed by atoms with E-state index in [9.17, 15) is 9.18 Å². The lowest BCUT2D eigenvalue weighted by molar-refractivity contribution is -0.130. The molecule has 7 nitrogen and oxygen atoms in total. The molecule has 1 unspecified atom stereocenters. The third-order valence-electron chi connectivity index (χ3n) is 5.17. The number of hydrogen-bond acceptors (Lipinski definition) is 4. The monoisotopic (exact) mass is 454 g/mol. The second-order valence-electron chi connectivity index (χ2n) is 7.53. The van der Waals surface area contributed by atoms with Gasteiger partial charge in [0.15, 0.2) is 0 Å². The van der Waals surface area contributed by atoms with Crippen LogP contribution in [0, 0.1) is 17.3 Å². The molecule has 166 valence electrons. The lowest BCUT2D eigenvalue weighted by Gasteiger charge is -2.39. The van der Waals surface area contributed by atoms with E-state index in [0.29, 0.717) is 29.4 Å². The summed E-state index contributed by atoms with van der Waals surface area (Å²) in [4.78, 5) is 20.3. The number of carbonyl (C=O) groups is 1. The van der Waals surface area contributed by atoms with Crippen LogP contribution in [0.15, 0.2) is 53.5 Å². The molecule has 1 saturated heterocycles. The summed E-state index contributed by atoms with van der Waals surface area (Å²) < 4.78 is 13.1. The molecular formula is C23H24ClFN6O. The zero-order chi connectivity index (χ0) is 23.1. The Bertz CT molecular complexity index is 1060. The minimum atomic E-state index is -0.248. The fourth-order valence-electron chi connectivity index (χ4n) is 3.61. The molecule has 1 heterocycles. The molecule has 0 spiro atoms. The third kappa shape index (κ3) is 6.30. The highest BCUT2D eigenvalue weighted by Crippen LogP contribution is 2.22. The van der Waals surface area contributed by atoms with E-state index in [2.05, 4.69) is 15.2 Å². The lowest BCUT2D eigenvalue weighted by atomic mass is 10.1. The Hall–Kier alpha value is -3.41. The highest BCUT2D eigenvalue weighted by atomic mass is 35.5. The summed E-state index contributed by atoms with van der Waals surface area (Å²) in [6.07, 6.45) is 4.77. The first-order chi connectivity index (χ1) is 15.4. The first kappa shape index (κ1) is 23.3. The number of anilines is 1. The average molecular weight is 455 g/mol. The summed E-state index contributed by atoms with van der Waals surface area (Å²) in [6.45, 7) is 4.77. The Balaban J connectivity index is 1.64. The van der Waals surface area contributed by atoms with Crippen LogP contribution in [0.2, 0.25) is 5.02 Å². The summed E-state index contributed by atoms with van der Waals surface area (Å²) in [5, 5.41) is 11.9. The van der Waals surface area contributed by atoms with E-state index < -0.39 is 0 Å². The molecule has 0 aromatic heterocycles. The number of halogens is 2. The molecule has 1 fully saturated rings. The number of carbonyl (C=O) groups excluding carboxylic acids is 1. The van der Waals surface area contributed by atoms with Crippen molar-refractivity contribution in [1.82, 2.24) is 9.80 Å². The van der Waals surface area contributed by atoms with E-state index in [1.54, 1.807) is 42.6 Å². The molecular weight excluding hydrogens is 431 g/mol. The molecule has 0 aliphatic carbocycles. The van der Waals surface area contributed by atoms with Gasteiger partial charge in [-0.2, -0.15) is 5.26 Å². The van der Waals surface area contributed by atoms with E-state index in [1.165, 1.54) is 18.2 Å². The van der Waals surface area contributed by atoms with Crippen molar-refractivity contribution >= 4 is 35.2 Å². The van der Waals surface area contributed by atoms with Crippen LogP contribution in [0.3, 0.4) is 0 Å². The number of benzene rings is 2. The lowest BCUT2D eigenvalue weighted by Crippen LogP contribution is -2.53. The summed E-state index contributed by atoms with van der Waals surface area (Å²) in [6, 6.07) is 11.6. The molecule has 9 heteroatoms. The Morgan fingerprint density at radius 3 is 2.78 bits per heavy atom. The first-order valence-electron chi connectivity index (χ1n) is 10.1. The van der Waals surface area contributed by atoms with E-state index in [4.69, 9.17) is 22.6 Å². The Labute approximate surface area is 191 Å². The van der Waals surface area contributed by atoms with Gasteiger partial charge in [-0.3, -0.25) is 9.69 Å². The Kier molecular flexibility index (Phi) is 7.82. The second-order valence-corrected chi connectivity index (χ2v) is 7.97. The maximum Gasteiger partial charge on any atom is 0.246 e. The molecule has 32 heavy (non-hydrogen) atoms. The van der Waals surface area contributed by atoms with Gasteiger partial charge in [-0.1, -0.05) is 23.7 Å². The molecule has 3 rings (SSSR count). The molecule has 1 amide bonds. The fourth-order valence-corrected chi connectivity index (χ4v) is 3.79. The van der Waals surface area contributed by atoms with Crippen LogP contribution in [-0.4, -0.2) is 47.3 Å². The van der Waals surface area contributed by atoms with Crippen molar-refractivity contribution < 1.29 is 9.18 Å². The van der Waals surface area contributed by atoms with Crippen LogP contribution < -0.4 is 11.1 Å². The number of nitriles is 1. The van der Waals surface area contributed by atoms with Gasteiger partial charge in [0.2, 0.25) is 18.1 Å². The largest absolute Gasteiger partial charge is 0.369 e. The standard InChI is InChI=1S/C23H24ClFN6O/c1-16-13-30(14-17-2-6-20(25)7-3-17)10-11-31(16)22(32)9-4-18-12-19(24)5-8-21(18)29-23(27)28-15-26/h2-9,12,16H,10-11,13-14H2,1H3,(H3,27,28,29)/b9-4+. The maximum absolute atomic E-state index is 13.1. The van der Waals surface area contributed by atoms with Crippen molar-refractivity contribution in [3.05, 3.63) is 70.5 Å². The van der Waals surface area contributed by atoms with Crippen LogP contribution in [0.4, 0.5) is 10.1 Å². The molecule has 1 atom stereocenters.